The fourth-order valence-corrected chi connectivity index (χ4v) is 5.37. The van der Waals surface area contributed by atoms with Crippen LogP contribution in [0, 0.1) is 18.3 Å². The van der Waals surface area contributed by atoms with Crippen LogP contribution in [0.4, 0.5) is 5.82 Å². The van der Waals surface area contributed by atoms with E-state index < -0.39 is 0 Å². The Hall–Kier alpha value is -1.78. The molecule has 4 heterocycles. The van der Waals surface area contributed by atoms with Gasteiger partial charge in [0.15, 0.2) is 12.1 Å². The number of likely N-dealkylation sites (tertiary alicyclic amines) is 1. The van der Waals surface area contributed by atoms with Crippen molar-refractivity contribution in [3.8, 4) is 0 Å². The van der Waals surface area contributed by atoms with Crippen LogP contribution in [0.25, 0.3) is 5.70 Å². The van der Waals surface area contributed by atoms with Gasteiger partial charge < -0.3 is 20.8 Å². The minimum Gasteiger partial charge on any atom is -0.396 e. The Morgan fingerprint density at radius 3 is 2.44 bits per heavy atom. The Bertz CT molecular complexity index is 922. The standard InChI is InChI=1S/C24H38ClN7O2/c1-16-21(20-4-9-27-23(32(20)25)31-10-5-18(14-33)6-11-31)29-19(15-34)22(28-16)30-12-7-24(3,8-13-30)17(2)26/h4,9,17-18,23,33-34H,5-8,10-15,26H2,1-3H3. The van der Waals surface area contributed by atoms with Gasteiger partial charge in [-0.2, -0.15) is 0 Å². The first kappa shape index (κ1) is 25.3. The molecule has 4 rings (SSSR count). The number of nitrogens with two attached hydrogens (primary N) is 1. The van der Waals surface area contributed by atoms with Gasteiger partial charge in [-0.05, 0) is 56.9 Å². The molecule has 0 aromatic carbocycles. The third-order valence-corrected chi connectivity index (χ3v) is 8.29. The minimum absolute atomic E-state index is 0.115. The highest BCUT2D eigenvalue weighted by Crippen LogP contribution is 2.37. The van der Waals surface area contributed by atoms with Crippen LogP contribution in [-0.4, -0.2) is 80.8 Å². The van der Waals surface area contributed by atoms with E-state index in [4.69, 9.17) is 27.5 Å². The number of aliphatic imine (C=N–C) groups is 1. The molecule has 3 aliphatic rings. The van der Waals surface area contributed by atoms with E-state index in [1.165, 1.54) is 0 Å². The molecule has 0 aliphatic carbocycles. The molecule has 10 heteroatoms. The largest absolute Gasteiger partial charge is 0.396 e. The van der Waals surface area contributed by atoms with Crippen molar-refractivity contribution in [2.75, 3.05) is 37.7 Å². The van der Waals surface area contributed by atoms with Gasteiger partial charge >= 0.3 is 0 Å². The van der Waals surface area contributed by atoms with Crippen molar-refractivity contribution in [1.82, 2.24) is 19.3 Å². The van der Waals surface area contributed by atoms with Crippen molar-refractivity contribution in [3.05, 3.63) is 23.2 Å². The lowest BCUT2D eigenvalue weighted by atomic mass is 9.75. The van der Waals surface area contributed by atoms with Gasteiger partial charge in [0.1, 0.15) is 11.4 Å². The molecule has 34 heavy (non-hydrogen) atoms. The van der Waals surface area contributed by atoms with Crippen molar-refractivity contribution < 1.29 is 10.2 Å². The molecule has 2 unspecified atom stereocenters. The summed E-state index contributed by atoms with van der Waals surface area (Å²) >= 11 is 6.81. The zero-order valence-corrected chi connectivity index (χ0v) is 21.2. The minimum atomic E-state index is -0.335. The summed E-state index contributed by atoms with van der Waals surface area (Å²) in [5.74, 6) is 1.08. The van der Waals surface area contributed by atoms with E-state index in [1.54, 1.807) is 10.6 Å². The molecule has 3 aliphatic heterocycles. The van der Waals surface area contributed by atoms with Crippen LogP contribution in [0.15, 0.2) is 11.1 Å². The molecule has 2 fully saturated rings. The number of halogens is 1. The zero-order valence-electron chi connectivity index (χ0n) is 20.5. The predicted molar refractivity (Wildman–Crippen MR) is 135 cm³/mol. The summed E-state index contributed by atoms with van der Waals surface area (Å²) < 4.78 is 1.62. The van der Waals surface area contributed by atoms with Gasteiger partial charge in [-0.1, -0.05) is 6.92 Å². The third-order valence-electron chi connectivity index (χ3n) is 7.94. The number of rotatable bonds is 6. The van der Waals surface area contributed by atoms with E-state index >= 15 is 0 Å². The van der Waals surface area contributed by atoms with Crippen LogP contribution in [-0.2, 0) is 6.61 Å². The van der Waals surface area contributed by atoms with Gasteiger partial charge in [0, 0.05) is 56.8 Å². The number of aromatic nitrogens is 2. The number of allylic oxidation sites excluding steroid dienone is 1. The van der Waals surface area contributed by atoms with Crippen LogP contribution in [0.5, 0.6) is 0 Å². The molecular formula is C24H38ClN7O2. The summed E-state index contributed by atoms with van der Waals surface area (Å²) in [6, 6.07) is 0.138. The Labute approximate surface area is 207 Å². The van der Waals surface area contributed by atoms with Crippen LogP contribution < -0.4 is 10.6 Å². The Morgan fingerprint density at radius 2 is 1.85 bits per heavy atom. The van der Waals surface area contributed by atoms with E-state index in [9.17, 15) is 10.2 Å². The topological polar surface area (TPSA) is 114 Å². The molecule has 0 spiro atoms. The van der Waals surface area contributed by atoms with E-state index in [1.807, 2.05) is 13.0 Å². The van der Waals surface area contributed by atoms with Crippen LogP contribution in [0.1, 0.15) is 56.6 Å². The summed E-state index contributed by atoms with van der Waals surface area (Å²) in [7, 11) is 0. The van der Waals surface area contributed by atoms with Crippen molar-refractivity contribution in [3.63, 3.8) is 0 Å². The number of aryl methyl sites for hydroxylation is 1. The van der Waals surface area contributed by atoms with Crippen molar-refractivity contribution in [2.45, 2.75) is 65.4 Å². The number of hydrogen-bond acceptors (Lipinski definition) is 9. The molecule has 9 nitrogen and oxygen atoms in total. The first-order valence-corrected chi connectivity index (χ1v) is 12.6. The summed E-state index contributed by atoms with van der Waals surface area (Å²) in [4.78, 5) is 18.7. The maximum atomic E-state index is 10.2. The molecule has 0 radical (unpaired) electrons. The summed E-state index contributed by atoms with van der Waals surface area (Å²) in [6.45, 7) is 9.61. The highest BCUT2D eigenvalue weighted by Gasteiger charge is 2.35. The SMILES string of the molecule is Cc1nc(N2CCC(C)(C(C)N)CC2)c(CO)nc1C1=CC=NC(N2CCC(CO)CC2)N1Cl. The second-order valence-corrected chi connectivity index (χ2v) is 10.5. The number of aliphatic hydroxyl groups is 2. The second kappa shape index (κ2) is 10.5. The maximum Gasteiger partial charge on any atom is 0.192 e. The molecule has 0 bridgehead atoms. The molecule has 188 valence electrons. The zero-order chi connectivity index (χ0) is 24.5. The van der Waals surface area contributed by atoms with E-state index in [2.05, 4.69) is 28.6 Å². The third kappa shape index (κ3) is 4.95. The number of hydrogen-bond donors (Lipinski definition) is 3. The maximum absolute atomic E-state index is 10.2. The quantitative estimate of drug-likeness (QED) is 0.518. The lowest BCUT2D eigenvalue weighted by molar-refractivity contribution is 0.0720. The normalized spacial score (nSPS) is 24.9. The number of aliphatic hydroxyl groups excluding tert-OH is 2. The average Bonchev–Trinajstić information content (AvgIpc) is 2.85. The lowest BCUT2D eigenvalue weighted by Gasteiger charge is -2.42. The number of nitrogens with zero attached hydrogens (tertiary/aromatic N) is 6. The fraction of sp³-hybridized carbons (Fsp3) is 0.708. The Balaban J connectivity index is 1.54. The summed E-state index contributed by atoms with van der Waals surface area (Å²) in [5, 5.41) is 19.6. The van der Waals surface area contributed by atoms with Crippen molar-refractivity contribution >= 4 is 29.5 Å². The first-order chi connectivity index (χ1) is 16.3. The predicted octanol–water partition coefficient (Wildman–Crippen LogP) is 2.10. The van der Waals surface area contributed by atoms with Gasteiger partial charge in [0.05, 0.1) is 18.0 Å². The molecule has 1 aromatic heterocycles. The molecule has 4 N–H and O–H groups in total. The van der Waals surface area contributed by atoms with Gasteiger partial charge in [-0.25, -0.2) is 14.4 Å². The van der Waals surface area contributed by atoms with E-state index in [0.29, 0.717) is 17.3 Å². The summed E-state index contributed by atoms with van der Waals surface area (Å²) in [5.41, 5.74) is 9.03. The second-order valence-electron chi connectivity index (χ2n) is 10.2. The Morgan fingerprint density at radius 1 is 1.18 bits per heavy atom. The van der Waals surface area contributed by atoms with Crippen molar-refractivity contribution in [1.29, 1.82) is 0 Å². The molecule has 0 saturated carbocycles. The Kier molecular flexibility index (Phi) is 7.79. The molecule has 2 atom stereocenters. The van der Waals surface area contributed by atoms with E-state index in [-0.39, 0.29) is 31.0 Å². The highest BCUT2D eigenvalue weighted by atomic mass is 35.5. The van der Waals surface area contributed by atoms with Gasteiger partial charge in [-0.15, -0.1) is 0 Å². The van der Waals surface area contributed by atoms with Gasteiger partial charge in [0.25, 0.3) is 0 Å². The number of piperidine rings is 2. The van der Waals surface area contributed by atoms with Crippen LogP contribution in [0.2, 0.25) is 0 Å². The monoisotopic (exact) mass is 491 g/mol. The van der Waals surface area contributed by atoms with Crippen LogP contribution >= 0.6 is 11.8 Å². The van der Waals surface area contributed by atoms with Crippen LogP contribution in [0.3, 0.4) is 0 Å². The number of anilines is 1. The fourth-order valence-electron chi connectivity index (χ4n) is 5.06. The van der Waals surface area contributed by atoms with E-state index in [0.717, 1.165) is 69.1 Å². The van der Waals surface area contributed by atoms with Gasteiger partial charge in [0.2, 0.25) is 0 Å². The smallest absolute Gasteiger partial charge is 0.192 e. The molecular weight excluding hydrogens is 454 g/mol. The average molecular weight is 492 g/mol. The highest BCUT2D eigenvalue weighted by molar-refractivity contribution is 6.18. The van der Waals surface area contributed by atoms with Gasteiger partial charge in [-0.3, -0.25) is 9.89 Å². The molecule has 0 amide bonds. The first-order valence-electron chi connectivity index (χ1n) is 12.3. The molecule has 2 saturated heterocycles. The van der Waals surface area contributed by atoms with Crippen molar-refractivity contribution in [2.24, 2.45) is 22.1 Å². The summed E-state index contributed by atoms with van der Waals surface area (Å²) in [6.07, 6.45) is 7.07. The lowest BCUT2D eigenvalue weighted by Crippen LogP contribution is -2.48. The molecule has 1 aromatic rings.